The number of carbonyl (C=O) groups is 1. The van der Waals surface area contributed by atoms with Gasteiger partial charge in [-0.15, -0.1) is 0 Å². The smallest absolute Gasteiger partial charge is 0.253 e. The van der Waals surface area contributed by atoms with E-state index in [1.807, 2.05) is 39.0 Å². The highest BCUT2D eigenvalue weighted by Gasteiger charge is 2.16. The van der Waals surface area contributed by atoms with Crippen molar-refractivity contribution in [1.29, 1.82) is 0 Å². The van der Waals surface area contributed by atoms with Gasteiger partial charge in [0.15, 0.2) is 0 Å². The average molecular weight is 325 g/mol. The van der Waals surface area contributed by atoms with E-state index in [0.717, 1.165) is 11.4 Å². The van der Waals surface area contributed by atoms with Crippen LogP contribution in [0.15, 0.2) is 42.7 Å². The molecule has 24 heavy (non-hydrogen) atoms. The lowest BCUT2D eigenvalue weighted by atomic mass is 9.87. The Labute approximate surface area is 144 Å². The largest absolute Gasteiger partial charge is 0.354 e. The molecule has 0 aliphatic carbocycles. The van der Waals surface area contributed by atoms with Crippen LogP contribution in [0.2, 0.25) is 0 Å². The third-order valence-electron chi connectivity index (χ3n) is 3.53. The molecule has 0 radical (unpaired) electrons. The number of nitrogens with zero attached hydrogens (tertiary/aromatic N) is 1. The number of rotatable bonds is 3. The fourth-order valence-electron chi connectivity index (χ4n) is 2.27. The maximum atomic E-state index is 12.2. The molecule has 0 spiro atoms. The van der Waals surface area contributed by atoms with Crippen molar-refractivity contribution in [1.82, 2.24) is 10.3 Å². The number of amides is 1. The van der Waals surface area contributed by atoms with Crippen LogP contribution >= 0.6 is 0 Å². The Kier molecular flexibility index (Phi) is 4.97. The summed E-state index contributed by atoms with van der Waals surface area (Å²) in [5, 5.41) is 6.24. The lowest BCUT2D eigenvalue weighted by molar-refractivity contribution is 0.0919. The Balaban J connectivity index is 2.13. The maximum Gasteiger partial charge on any atom is 0.253 e. The summed E-state index contributed by atoms with van der Waals surface area (Å²) in [5.41, 5.74) is 3.44. The third-order valence-corrected chi connectivity index (χ3v) is 3.53. The van der Waals surface area contributed by atoms with Crippen LogP contribution in [0.25, 0.3) is 0 Å². The van der Waals surface area contributed by atoms with Gasteiger partial charge in [-0.1, -0.05) is 32.9 Å². The Hall–Kier alpha value is -2.36. The molecule has 2 N–H and O–H groups in total. The van der Waals surface area contributed by atoms with Gasteiger partial charge in [-0.2, -0.15) is 0 Å². The van der Waals surface area contributed by atoms with E-state index in [0.29, 0.717) is 5.56 Å². The predicted octanol–water partition coefficient (Wildman–Crippen LogP) is 4.65. The van der Waals surface area contributed by atoms with Crippen molar-refractivity contribution in [3.05, 3.63) is 53.9 Å². The second-order valence-corrected chi connectivity index (χ2v) is 8.12. The Morgan fingerprint density at radius 3 is 2.08 bits per heavy atom. The first-order valence-corrected chi connectivity index (χ1v) is 8.20. The molecule has 1 aromatic heterocycles. The van der Waals surface area contributed by atoms with E-state index in [-0.39, 0.29) is 16.9 Å². The molecule has 4 heteroatoms. The molecular weight excluding hydrogens is 298 g/mol. The van der Waals surface area contributed by atoms with Crippen molar-refractivity contribution in [2.24, 2.45) is 0 Å². The van der Waals surface area contributed by atoms with Gasteiger partial charge in [-0.25, -0.2) is 0 Å². The number of anilines is 2. The zero-order valence-corrected chi connectivity index (χ0v) is 15.4. The van der Waals surface area contributed by atoms with Crippen LogP contribution in [0.5, 0.6) is 0 Å². The number of aromatic nitrogens is 1. The molecule has 4 nitrogen and oxygen atoms in total. The summed E-state index contributed by atoms with van der Waals surface area (Å²) in [6.07, 6.45) is 3.29. The van der Waals surface area contributed by atoms with Crippen molar-refractivity contribution in [2.75, 3.05) is 5.32 Å². The van der Waals surface area contributed by atoms with Gasteiger partial charge < -0.3 is 10.6 Å². The summed E-state index contributed by atoms with van der Waals surface area (Å²) in [5.74, 6) is -0.123. The fraction of sp³-hybridized carbons (Fsp3) is 0.400. The second-order valence-electron chi connectivity index (χ2n) is 8.12. The summed E-state index contributed by atoms with van der Waals surface area (Å²) >= 11 is 0. The lowest BCUT2D eigenvalue weighted by Crippen LogP contribution is -2.40. The summed E-state index contributed by atoms with van der Waals surface area (Å²) in [6, 6.07) is 10.1. The monoisotopic (exact) mass is 325 g/mol. The molecule has 0 saturated heterocycles. The average Bonchev–Trinajstić information content (AvgIpc) is 2.45. The van der Waals surface area contributed by atoms with E-state index in [9.17, 15) is 4.79 Å². The maximum absolute atomic E-state index is 12.2. The van der Waals surface area contributed by atoms with Crippen molar-refractivity contribution in [2.45, 2.75) is 52.5 Å². The molecule has 0 unspecified atom stereocenters. The SMILES string of the molecule is CC(C)(C)NC(=O)c1cncc(Nc2ccc(C(C)(C)C)cc2)c1. The van der Waals surface area contributed by atoms with Crippen LogP contribution < -0.4 is 10.6 Å². The quantitative estimate of drug-likeness (QED) is 0.863. The minimum atomic E-state index is -0.275. The highest BCUT2D eigenvalue weighted by atomic mass is 16.1. The Bertz CT molecular complexity index is 707. The molecule has 2 aromatic rings. The van der Waals surface area contributed by atoms with E-state index in [1.54, 1.807) is 12.4 Å². The van der Waals surface area contributed by atoms with E-state index in [2.05, 4.69) is 48.5 Å². The second kappa shape index (κ2) is 6.63. The third kappa shape index (κ3) is 5.08. The van der Waals surface area contributed by atoms with E-state index in [1.165, 1.54) is 5.56 Å². The van der Waals surface area contributed by atoms with Crippen molar-refractivity contribution < 1.29 is 4.79 Å². The zero-order chi connectivity index (χ0) is 18.0. The number of benzene rings is 1. The number of pyridine rings is 1. The van der Waals surface area contributed by atoms with Crippen LogP contribution in [0.4, 0.5) is 11.4 Å². The zero-order valence-electron chi connectivity index (χ0n) is 15.4. The molecular formula is C20H27N3O. The number of carbonyl (C=O) groups excluding carboxylic acids is 1. The summed E-state index contributed by atoms with van der Waals surface area (Å²) in [4.78, 5) is 16.4. The molecule has 0 fully saturated rings. The molecule has 0 atom stereocenters. The van der Waals surface area contributed by atoms with E-state index >= 15 is 0 Å². The van der Waals surface area contributed by atoms with E-state index < -0.39 is 0 Å². The van der Waals surface area contributed by atoms with Crippen LogP contribution in [0, 0.1) is 0 Å². The first kappa shape index (κ1) is 18.0. The highest BCUT2D eigenvalue weighted by molar-refractivity contribution is 5.95. The highest BCUT2D eigenvalue weighted by Crippen LogP contribution is 2.25. The topological polar surface area (TPSA) is 54.0 Å². The standard InChI is InChI=1S/C20H27N3O/c1-19(2,3)15-7-9-16(10-8-15)22-17-11-14(12-21-13-17)18(24)23-20(4,5)6/h7-13,22H,1-6H3,(H,23,24). The van der Waals surface area contributed by atoms with Gasteiger partial charge in [0.25, 0.3) is 5.91 Å². The molecule has 0 aliphatic heterocycles. The lowest BCUT2D eigenvalue weighted by Gasteiger charge is -2.20. The number of nitrogens with one attached hydrogen (secondary N) is 2. The van der Waals surface area contributed by atoms with Crippen molar-refractivity contribution in [3.63, 3.8) is 0 Å². The van der Waals surface area contributed by atoms with Crippen LogP contribution in [0.1, 0.15) is 57.5 Å². The van der Waals surface area contributed by atoms with Gasteiger partial charge in [0, 0.05) is 17.4 Å². The molecule has 1 aromatic carbocycles. The Morgan fingerprint density at radius 2 is 1.54 bits per heavy atom. The van der Waals surface area contributed by atoms with Crippen molar-refractivity contribution >= 4 is 17.3 Å². The minimum Gasteiger partial charge on any atom is -0.354 e. The first-order valence-electron chi connectivity index (χ1n) is 8.20. The summed E-state index contributed by atoms with van der Waals surface area (Å²) < 4.78 is 0. The number of hydrogen-bond acceptors (Lipinski definition) is 3. The summed E-state index contributed by atoms with van der Waals surface area (Å²) in [7, 11) is 0. The van der Waals surface area contributed by atoms with E-state index in [4.69, 9.17) is 0 Å². The molecule has 128 valence electrons. The first-order chi connectivity index (χ1) is 11.0. The van der Waals surface area contributed by atoms with Gasteiger partial charge in [-0.05, 0) is 49.9 Å². The Morgan fingerprint density at radius 1 is 0.917 bits per heavy atom. The molecule has 1 amide bonds. The van der Waals surface area contributed by atoms with Gasteiger partial charge in [0.1, 0.15) is 0 Å². The molecule has 0 aliphatic rings. The van der Waals surface area contributed by atoms with Crippen molar-refractivity contribution in [3.8, 4) is 0 Å². The van der Waals surface area contributed by atoms with Crippen LogP contribution in [-0.4, -0.2) is 16.4 Å². The van der Waals surface area contributed by atoms with Gasteiger partial charge in [0.2, 0.25) is 0 Å². The fourth-order valence-corrected chi connectivity index (χ4v) is 2.27. The molecule has 2 rings (SSSR count). The molecule has 1 heterocycles. The molecule has 0 bridgehead atoms. The van der Waals surface area contributed by atoms with Gasteiger partial charge in [0.05, 0.1) is 17.4 Å². The van der Waals surface area contributed by atoms with Crippen LogP contribution in [-0.2, 0) is 5.41 Å². The van der Waals surface area contributed by atoms with Gasteiger partial charge >= 0.3 is 0 Å². The van der Waals surface area contributed by atoms with Crippen LogP contribution in [0.3, 0.4) is 0 Å². The van der Waals surface area contributed by atoms with Gasteiger partial charge in [-0.3, -0.25) is 9.78 Å². The molecule has 0 saturated carbocycles. The summed E-state index contributed by atoms with van der Waals surface area (Å²) in [6.45, 7) is 12.4. The normalized spacial score (nSPS) is 11.9. The number of hydrogen-bond donors (Lipinski definition) is 2. The minimum absolute atomic E-state index is 0.123. The predicted molar refractivity (Wildman–Crippen MR) is 99.9 cm³/mol.